The van der Waals surface area contributed by atoms with Crippen LogP contribution in [0.15, 0.2) is 24.3 Å². The second-order valence-corrected chi connectivity index (χ2v) is 5.69. The van der Waals surface area contributed by atoms with Crippen molar-refractivity contribution in [2.45, 2.75) is 45.2 Å². The fourth-order valence-corrected chi connectivity index (χ4v) is 3.11. The lowest BCUT2D eigenvalue weighted by atomic mass is 10.0. The molecule has 1 heterocycles. The van der Waals surface area contributed by atoms with Crippen molar-refractivity contribution in [2.24, 2.45) is 0 Å². The monoisotopic (exact) mass is 276 g/mol. The van der Waals surface area contributed by atoms with Gasteiger partial charge in [-0.2, -0.15) is 0 Å². The van der Waals surface area contributed by atoms with Gasteiger partial charge in [-0.05, 0) is 51.9 Å². The van der Waals surface area contributed by atoms with Gasteiger partial charge in [0, 0.05) is 17.6 Å². The minimum Gasteiger partial charge on any atom is -0.496 e. The summed E-state index contributed by atoms with van der Waals surface area (Å²) in [5.41, 5.74) is 1.26. The molecule has 1 fully saturated rings. The van der Waals surface area contributed by atoms with E-state index in [0.29, 0.717) is 12.1 Å². The van der Waals surface area contributed by atoms with Crippen LogP contribution in [-0.2, 0) is 0 Å². The molecule has 1 saturated heterocycles. The van der Waals surface area contributed by atoms with Crippen LogP contribution in [0.5, 0.6) is 5.75 Å². The Bertz CT molecular complexity index is 408. The zero-order valence-corrected chi connectivity index (χ0v) is 13.1. The van der Waals surface area contributed by atoms with Crippen molar-refractivity contribution in [3.05, 3.63) is 29.8 Å². The van der Waals surface area contributed by atoms with Crippen molar-refractivity contribution in [1.82, 2.24) is 10.2 Å². The van der Waals surface area contributed by atoms with Gasteiger partial charge < -0.3 is 15.0 Å². The molecule has 3 nitrogen and oxygen atoms in total. The van der Waals surface area contributed by atoms with E-state index < -0.39 is 0 Å². The Morgan fingerprint density at radius 1 is 1.30 bits per heavy atom. The summed E-state index contributed by atoms with van der Waals surface area (Å²) in [7, 11) is 1.75. The van der Waals surface area contributed by atoms with Gasteiger partial charge in [0.25, 0.3) is 0 Å². The summed E-state index contributed by atoms with van der Waals surface area (Å²) in [6.07, 6.45) is 3.81. The molecular formula is C17H28N2O. The van der Waals surface area contributed by atoms with E-state index in [0.717, 1.165) is 5.75 Å². The number of para-hydroxylation sites is 1. The van der Waals surface area contributed by atoms with E-state index in [4.69, 9.17) is 4.74 Å². The number of benzene rings is 1. The van der Waals surface area contributed by atoms with Crippen molar-refractivity contribution in [1.29, 1.82) is 0 Å². The third kappa shape index (κ3) is 3.97. The van der Waals surface area contributed by atoms with Gasteiger partial charge in [-0.3, -0.25) is 0 Å². The summed E-state index contributed by atoms with van der Waals surface area (Å²) < 4.78 is 5.47. The zero-order valence-electron chi connectivity index (χ0n) is 13.1. The number of nitrogens with one attached hydrogen (secondary N) is 1. The average molecular weight is 276 g/mol. The first-order chi connectivity index (χ1) is 9.74. The molecule has 2 atom stereocenters. The number of ether oxygens (including phenoxy) is 1. The Balaban J connectivity index is 1.95. The lowest BCUT2D eigenvalue weighted by molar-refractivity contribution is 0.295. The van der Waals surface area contributed by atoms with Crippen molar-refractivity contribution < 1.29 is 4.74 Å². The van der Waals surface area contributed by atoms with Crippen LogP contribution in [0.1, 0.15) is 44.7 Å². The highest BCUT2D eigenvalue weighted by Crippen LogP contribution is 2.25. The molecular weight excluding hydrogens is 248 g/mol. The minimum atomic E-state index is 0.337. The predicted octanol–water partition coefficient (Wildman–Crippen LogP) is 3.22. The summed E-state index contributed by atoms with van der Waals surface area (Å²) in [5.74, 6) is 0.983. The number of likely N-dealkylation sites (tertiary alicyclic amines) is 1. The maximum Gasteiger partial charge on any atom is 0.123 e. The number of methoxy groups -OCH3 is 1. The summed E-state index contributed by atoms with van der Waals surface area (Å²) in [6.45, 7) is 8.13. The van der Waals surface area contributed by atoms with E-state index in [1.165, 1.54) is 44.5 Å². The van der Waals surface area contributed by atoms with Gasteiger partial charge in [-0.1, -0.05) is 25.1 Å². The van der Waals surface area contributed by atoms with Crippen LogP contribution >= 0.6 is 0 Å². The molecule has 3 heteroatoms. The molecule has 112 valence electrons. The fraction of sp³-hybridized carbons (Fsp3) is 0.647. The summed E-state index contributed by atoms with van der Waals surface area (Å²) >= 11 is 0. The quantitative estimate of drug-likeness (QED) is 0.893. The fourth-order valence-electron chi connectivity index (χ4n) is 3.11. The Morgan fingerprint density at radius 2 is 2.10 bits per heavy atom. The molecule has 0 saturated carbocycles. The molecule has 0 radical (unpaired) electrons. The molecule has 1 aromatic rings. The van der Waals surface area contributed by atoms with Gasteiger partial charge in [0.05, 0.1) is 7.11 Å². The van der Waals surface area contributed by atoms with Crippen molar-refractivity contribution >= 4 is 0 Å². The van der Waals surface area contributed by atoms with Crippen LogP contribution in [0.3, 0.4) is 0 Å². The van der Waals surface area contributed by atoms with Crippen LogP contribution in [0.2, 0.25) is 0 Å². The van der Waals surface area contributed by atoms with Gasteiger partial charge in [0.2, 0.25) is 0 Å². The first kappa shape index (κ1) is 15.3. The standard InChI is InChI=1S/C17H28N2O/c1-4-19-12-7-8-15(11-13-19)18-14(2)16-9-5-6-10-17(16)20-3/h5-6,9-10,14-15,18H,4,7-8,11-13H2,1-3H3. The van der Waals surface area contributed by atoms with E-state index >= 15 is 0 Å². The largest absolute Gasteiger partial charge is 0.496 e. The minimum absolute atomic E-state index is 0.337. The molecule has 1 aliphatic heterocycles. The highest BCUT2D eigenvalue weighted by atomic mass is 16.5. The molecule has 1 aromatic carbocycles. The molecule has 0 bridgehead atoms. The Hall–Kier alpha value is -1.06. The highest BCUT2D eigenvalue weighted by molar-refractivity contribution is 5.35. The van der Waals surface area contributed by atoms with E-state index in [2.05, 4.69) is 36.2 Å². The van der Waals surface area contributed by atoms with E-state index in [1.54, 1.807) is 7.11 Å². The second kappa shape index (κ2) is 7.65. The second-order valence-electron chi connectivity index (χ2n) is 5.69. The lowest BCUT2D eigenvalue weighted by Gasteiger charge is -2.24. The number of nitrogens with zero attached hydrogens (tertiary/aromatic N) is 1. The Labute approximate surface area is 123 Å². The van der Waals surface area contributed by atoms with Crippen LogP contribution in [0.25, 0.3) is 0 Å². The third-order valence-corrected chi connectivity index (χ3v) is 4.36. The normalized spacial score (nSPS) is 22.2. The molecule has 2 unspecified atom stereocenters. The van der Waals surface area contributed by atoms with Crippen LogP contribution in [0, 0.1) is 0 Å². The third-order valence-electron chi connectivity index (χ3n) is 4.36. The Morgan fingerprint density at radius 3 is 2.85 bits per heavy atom. The van der Waals surface area contributed by atoms with Gasteiger partial charge in [0.1, 0.15) is 5.75 Å². The number of rotatable bonds is 5. The summed E-state index contributed by atoms with van der Waals surface area (Å²) in [6, 6.07) is 9.27. The summed E-state index contributed by atoms with van der Waals surface area (Å²) in [4.78, 5) is 2.55. The SMILES string of the molecule is CCN1CCCC(NC(C)c2ccccc2OC)CC1. The van der Waals surface area contributed by atoms with Gasteiger partial charge >= 0.3 is 0 Å². The van der Waals surface area contributed by atoms with Gasteiger partial charge in [-0.15, -0.1) is 0 Å². The van der Waals surface area contributed by atoms with E-state index in [-0.39, 0.29) is 0 Å². The van der Waals surface area contributed by atoms with Gasteiger partial charge in [0.15, 0.2) is 0 Å². The van der Waals surface area contributed by atoms with Gasteiger partial charge in [-0.25, -0.2) is 0 Å². The molecule has 0 aliphatic carbocycles. The van der Waals surface area contributed by atoms with E-state index in [9.17, 15) is 0 Å². The molecule has 1 aliphatic rings. The predicted molar refractivity (Wildman–Crippen MR) is 84.3 cm³/mol. The first-order valence-electron chi connectivity index (χ1n) is 7.86. The highest BCUT2D eigenvalue weighted by Gasteiger charge is 2.19. The first-order valence-corrected chi connectivity index (χ1v) is 7.86. The van der Waals surface area contributed by atoms with Crippen molar-refractivity contribution in [3.63, 3.8) is 0 Å². The average Bonchev–Trinajstić information content (AvgIpc) is 2.72. The topological polar surface area (TPSA) is 24.5 Å². The maximum atomic E-state index is 5.47. The molecule has 0 aromatic heterocycles. The number of hydrogen-bond donors (Lipinski definition) is 1. The van der Waals surface area contributed by atoms with Crippen molar-refractivity contribution in [2.75, 3.05) is 26.7 Å². The number of hydrogen-bond acceptors (Lipinski definition) is 3. The molecule has 0 amide bonds. The van der Waals surface area contributed by atoms with Crippen molar-refractivity contribution in [3.8, 4) is 5.75 Å². The zero-order chi connectivity index (χ0) is 14.4. The maximum absolute atomic E-state index is 5.47. The molecule has 20 heavy (non-hydrogen) atoms. The molecule has 2 rings (SSSR count). The van der Waals surface area contributed by atoms with Crippen LogP contribution < -0.4 is 10.1 Å². The van der Waals surface area contributed by atoms with Crippen LogP contribution in [-0.4, -0.2) is 37.7 Å². The lowest BCUT2D eigenvalue weighted by Crippen LogP contribution is -2.33. The smallest absolute Gasteiger partial charge is 0.123 e. The van der Waals surface area contributed by atoms with Crippen LogP contribution in [0.4, 0.5) is 0 Å². The molecule has 0 spiro atoms. The summed E-state index contributed by atoms with van der Waals surface area (Å²) in [5, 5.41) is 3.79. The molecule has 1 N–H and O–H groups in total. The Kier molecular flexibility index (Phi) is 5.86. The van der Waals surface area contributed by atoms with E-state index in [1.807, 2.05) is 12.1 Å².